The topological polar surface area (TPSA) is 41.1 Å². The Labute approximate surface area is 140 Å². The van der Waals surface area contributed by atoms with Crippen molar-refractivity contribution >= 4 is 17.6 Å². The van der Waals surface area contributed by atoms with E-state index in [-0.39, 0.29) is 18.5 Å². The van der Waals surface area contributed by atoms with Crippen LogP contribution in [0.3, 0.4) is 0 Å². The van der Waals surface area contributed by atoms with E-state index in [1.54, 1.807) is 0 Å². The van der Waals surface area contributed by atoms with Gasteiger partial charge in [-0.1, -0.05) is 60.1 Å². The molecule has 0 saturated heterocycles. The van der Waals surface area contributed by atoms with Crippen LogP contribution in [-0.2, 0) is 6.42 Å². The number of amides is 2. The number of carbonyl (C=O) groups is 1. The Morgan fingerprint density at radius 3 is 2.43 bits per heavy atom. The second-order valence-electron chi connectivity index (χ2n) is 5.23. The van der Waals surface area contributed by atoms with Crippen LogP contribution in [0.25, 0.3) is 0 Å². The van der Waals surface area contributed by atoms with Crippen molar-refractivity contribution in [2.75, 3.05) is 19.8 Å². The van der Waals surface area contributed by atoms with Crippen LogP contribution in [-0.4, -0.2) is 25.8 Å². The second kappa shape index (κ2) is 9.16. The molecule has 0 aromatic heterocycles. The molecule has 5 heteroatoms. The number of alkyl halides is 1. The Bertz CT molecular complexity index is 621. The van der Waals surface area contributed by atoms with Gasteiger partial charge in [-0.25, -0.2) is 9.18 Å². The van der Waals surface area contributed by atoms with E-state index in [1.807, 2.05) is 54.6 Å². The lowest BCUT2D eigenvalue weighted by atomic mass is 9.92. The highest BCUT2D eigenvalue weighted by molar-refractivity contribution is 6.31. The van der Waals surface area contributed by atoms with Gasteiger partial charge in [0.15, 0.2) is 0 Å². The number of nitrogens with one attached hydrogen (secondary N) is 2. The van der Waals surface area contributed by atoms with Crippen molar-refractivity contribution in [2.45, 2.75) is 12.3 Å². The molecule has 2 amide bonds. The van der Waals surface area contributed by atoms with Gasteiger partial charge in [0, 0.05) is 24.0 Å². The van der Waals surface area contributed by atoms with Crippen LogP contribution in [0.1, 0.15) is 17.0 Å². The van der Waals surface area contributed by atoms with Crippen LogP contribution in [0.4, 0.5) is 9.18 Å². The summed E-state index contributed by atoms with van der Waals surface area (Å²) in [6.07, 6.45) is 0.758. The summed E-state index contributed by atoms with van der Waals surface area (Å²) < 4.78 is 12.1. The fourth-order valence-electron chi connectivity index (χ4n) is 2.44. The zero-order valence-corrected chi connectivity index (χ0v) is 13.5. The third-order valence-corrected chi connectivity index (χ3v) is 3.90. The third kappa shape index (κ3) is 5.57. The van der Waals surface area contributed by atoms with Gasteiger partial charge in [-0.15, -0.1) is 0 Å². The van der Waals surface area contributed by atoms with Crippen molar-refractivity contribution < 1.29 is 9.18 Å². The quantitative estimate of drug-likeness (QED) is 0.791. The molecule has 0 fully saturated rings. The maximum atomic E-state index is 12.1. The van der Waals surface area contributed by atoms with Crippen LogP contribution < -0.4 is 10.6 Å². The molecule has 0 aliphatic rings. The molecule has 0 aliphatic carbocycles. The summed E-state index contributed by atoms with van der Waals surface area (Å²) in [4.78, 5) is 11.7. The van der Waals surface area contributed by atoms with E-state index in [4.69, 9.17) is 11.6 Å². The van der Waals surface area contributed by atoms with Crippen molar-refractivity contribution in [3.63, 3.8) is 0 Å². The Morgan fingerprint density at radius 1 is 1.04 bits per heavy atom. The lowest BCUT2D eigenvalue weighted by Gasteiger charge is -2.20. The predicted octanol–water partition coefficient (Wildman–Crippen LogP) is 3.94. The lowest BCUT2D eigenvalue weighted by molar-refractivity contribution is 0.239. The van der Waals surface area contributed by atoms with Gasteiger partial charge in [0.05, 0.1) is 0 Å². The standard InChI is InChI=1S/C18H20ClFN2O/c19-17-9-5-4-8-16(17)15(12-14-6-2-1-3-7-14)13-22-18(23)21-11-10-20/h1-9,15H,10-13H2,(H2,21,22,23). The predicted molar refractivity (Wildman–Crippen MR) is 91.7 cm³/mol. The molecule has 2 rings (SSSR count). The van der Waals surface area contributed by atoms with E-state index >= 15 is 0 Å². The maximum absolute atomic E-state index is 12.1. The summed E-state index contributed by atoms with van der Waals surface area (Å²) in [6.45, 7) is -0.136. The van der Waals surface area contributed by atoms with Gasteiger partial charge in [-0.2, -0.15) is 0 Å². The van der Waals surface area contributed by atoms with Gasteiger partial charge in [-0.3, -0.25) is 0 Å². The first-order chi connectivity index (χ1) is 11.2. The molecule has 0 saturated carbocycles. The van der Waals surface area contributed by atoms with Crippen molar-refractivity contribution in [3.8, 4) is 0 Å². The first-order valence-electron chi connectivity index (χ1n) is 7.56. The Morgan fingerprint density at radius 2 is 1.74 bits per heavy atom. The number of rotatable bonds is 7. The van der Waals surface area contributed by atoms with E-state index in [0.717, 1.165) is 12.0 Å². The summed E-state index contributed by atoms with van der Waals surface area (Å²) in [6, 6.07) is 17.3. The van der Waals surface area contributed by atoms with Crippen LogP contribution in [0, 0.1) is 0 Å². The van der Waals surface area contributed by atoms with Gasteiger partial charge >= 0.3 is 6.03 Å². The molecule has 122 valence electrons. The van der Waals surface area contributed by atoms with E-state index in [2.05, 4.69) is 10.6 Å². The first-order valence-corrected chi connectivity index (χ1v) is 7.94. The van der Waals surface area contributed by atoms with Crippen LogP contribution in [0.5, 0.6) is 0 Å². The largest absolute Gasteiger partial charge is 0.338 e. The molecule has 0 heterocycles. The summed E-state index contributed by atoms with van der Waals surface area (Å²) in [5.41, 5.74) is 2.16. The smallest absolute Gasteiger partial charge is 0.314 e. The molecular weight excluding hydrogens is 315 g/mol. The highest BCUT2D eigenvalue weighted by Gasteiger charge is 2.16. The van der Waals surface area contributed by atoms with Crippen molar-refractivity contribution in [2.24, 2.45) is 0 Å². The highest BCUT2D eigenvalue weighted by atomic mass is 35.5. The lowest BCUT2D eigenvalue weighted by Crippen LogP contribution is -2.39. The van der Waals surface area contributed by atoms with E-state index in [0.29, 0.717) is 11.6 Å². The van der Waals surface area contributed by atoms with Crippen LogP contribution in [0.2, 0.25) is 5.02 Å². The van der Waals surface area contributed by atoms with Gasteiger partial charge in [-0.05, 0) is 23.6 Å². The molecule has 0 aliphatic heterocycles. The number of urea groups is 1. The van der Waals surface area contributed by atoms with E-state index < -0.39 is 6.67 Å². The molecule has 1 unspecified atom stereocenters. The fraction of sp³-hybridized carbons (Fsp3) is 0.278. The monoisotopic (exact) mass is 334 g/mol. The van der Waals surface area contributed by atoms with E-state index in [9.17, 15) is 9.18 Å². The van der Waals surface area contributed by atoms with Gasteiger partial charge in [0.25, 0.3) is 0 Å². The number of hydrogen-bond donors (Lipinski definition) is 2. The van der Waals surface area contributed by atoms with Gasteiger partial charge in [0.2, 0.25) is 0 Å². The zero-order chi connectivity index (χ0) is 16.5. The minimum absolute atomic E-state index is 0.0152. The van der Waals surface area contributed by atoms with Crippen molar-refractivity contribution in [1.29, 1.82) is 0 Å². The fourth-order valence-corrected chi connectivity index (χ4v) is 2.73. The SMILES string of the molecule is O=C(NCCF)NCC(Cc1ccccc1)c1ccccc1Cl. The summed E-state index contributed by atoms with van der Waals surface area (Å²) in [5, 5.41) is 5.93. The molecule has 23 heavy (non-hydrogen) atoms. The molecule has 0 bridgehead atoms. The number of halogens is 2. The molecule has 1 atom stereocenters. The number of benzene rings is 2. The average Bonchev–Trinajstić information content (AvgIpc) is 2.58. The van der Waals surface area contributed by atoms with Gasteiger partial charge < -0.3 is 10.6 Å². The third-order valence-electron chi connectivity index (χ3n) is 3.56. The van der Waals surface area contributed by atoms with Crippen LogP contribution in [0.15, 0.2) is 54.6 Å². The Kier molecular flexibility index (Phi) is 6.88. The van der Waals surface area contributed by atoms with E-state index in [1.165, 1.54) is 5.56 Å². The Hall–Kier alpha value is -2.07. The average molecular weight is 335 g/mol. The minimum Gasteiger partial charge on any atom is -0.338 e. The van der Waals surface area contributed by atoms with Crippen molar-refractivity contribution in [3.05, 3.63) is 70.7 Å². The summed E-state index contributed by atoms with van der Waals surface area (Å²) in [7, 11) is 0. The first kappa shape index (κ1) is 17.3. The maximum Gasteiger partial charge on any atom is 0.314 e. The second-order valence-corrected chi connectivity index (χ2v) is 5.64. The highest BCUT2D eigenvalue weighted by Crippen LogP contribution is 2.27. The molecule has 0 spiro atoms. The van der Waals surface area contributed by atoms with Gasteiger partial charge in [0.1, 0.15) is 6.67 Å². The molecule has 3 nitrogen and oxygen atoms in total. The molecule has 2 aromatic carbocycles. The Balaban J connectivity index is 2.08. The van der Waals surface area contributed by atoms with Crippen LogP contribution >= 0.6 is 11.6 Å². The number of carbonyl (C=O) groups excluding carboxylic acids is 1. The summed E-state index contributed by atoms with van der Waals surface area (Å²) >= 11 is 6.31. The molecule has 0 radical (unpaired) electrons. The minimum atomic E-state index is -0.578. The van der Waals surface area contributed by atoms with Crippen molar-refractivity contribution in [1.82, 2.24) is 10.6 Å². The number of hydrogen-bond acceptors (Lipinski definition) is 1. The molecular formula is C18H20ClFN2O. The molecule has 2 aromatic rings. The zero-order valence-electron chi connectivity index (χ0n) is 12.8. The molecule has 2 N–H and O–H groups in total. The summed E-state index contributed by atoms with van der Waals surface area (Å²) in [5.74, 6) is 0.0437. The normalized spacial score (nSPS) is 11.7.